The molecule has 9 heteroatoms. The van der Waals surface area contributed by atoms with E-state index in [1.54, 1.807) is 6.92 Å². The summed E-state index contributed by atoms with van der Waals surface area (Å²) < 4.78 is 5.39. The molecule has 27 heavy (non-hydrogen) atoms. The van der Waals surface area contributed by atoms with Crippen molar-refractivity contribution in [3.05, 3.63) is 0 Å². The van der Waals surface area contributed by atoms with Crippen LogP contribution in [0.3, 0.4) is 0 Å². The zero-order valence-electron chi connectivity index (χ0n) is 15.8. The van der Waals surface area contributed by atoms with Crippen LogP contribution in [0.4, 0.5) is 4.79 Å². The second-order valence-corrected chi connectivity index (χ2v) is 8.49. The molecule has 1 heterocycles. The molecule has 8 nitrogen and oxygen atoms in total. The van der Waals surface area contributed by atoms with Crippen LogP contribution in [-0.2, 0) is 19.1 Å². The molecule has 1 saturated heterocycles. The number of nitrogens with one attached hydrogen (secondary N) is 1. The molecule has 2 amide bonds. The van der Waals surface area contributed by atoms with Gasteiger partial charge in [-0.05, 0) is 12.8 Å². The molecular formula is C18H28N2O6S. The van der Waals surface area contributed by atoms with E-state index in [-0.39, 0.29) is 30.0 Å². The van der Waals surface area contributed by atoms with Gasteiger partial charge in [-0.1, -0.05) is 37.9 Å². The van der Waals surface area contributed by atoms with Crippen LogP contribution >= 0.6 is 11.8 Å². The molecule has 3 atom stereocenters. The normalized spacial score (nSPS) is 24.3. The zero-order chi connectivity index (χ0) is 20.0. The fraction of sp³-hybridized carbons (Fsp3) is 0.778. The van der Waals surface area contributed by atoms with Crippen LogP contribution in [-0.4, -0.2) is 63.6 Å². The summed E-state index contributed by atoms with van der Waals surface area (Å²) in [5, 5.41) is 12.2. The number of thioether (sulfide) groups is 1. The summed E-state index contributed by atoms with van der Waals surface area (Å²) in [6.45, 7) is 3.15. The van der Waals surface area contributed by atoms with Gasteiger partial charge in [0.25, 0.3) is 0 Å². The highest BCUT2D eigenvalue weighted by molar-refractivity contribution is 8.13. The van der Waals surface area contributed by atoms with Gasteiger partial charge >= 0.3 is 12.1 Å². The first-order valence-electron chi connectivity index (χ1n) is 9.41. The monoisotopic (exact) mass is 400 g/mol. The average molecular weight is 400 g/mol. The van der Waals surface area contributed by atoms with Crippen molar-refractivity contribution in [3.8, 4) is 0 Å². The van der Waals surface area contributed by atoms with Crippen molar-refractivity contribution >= 4 is 34.8 Å². The second-order valence-electron chi connectivity index (χ2n) is 7.29. The molecule has 1 aliphatic carbocycles. The number of carbonyl (C=O) groups is 4. The SMILES string of the molecule is CC(=O)SCC(C)C(=O)N1C[C@H](OC(=O)NC2CCCCC2)C[C@H]1C(=O)O. The van der Waals surface area contributed by atoms with Crippen molar-refractivity contribution in [1.29, 1.82) is 0 Å². The summed E-state index contributed by atoms with van der Waals surface area (Å²) in [4.78, 5) is 48.6. The van der Waals surface area contributed by atoms with Crippen LogP contribution in [0.5, 0.6) is 0 Å². The third kappa shape index (κ3) is 6.41. The van der Waals surface area contributed by atoms with E-state index >= 15 is 0 Å². The van der Waals surface area contributed by atoms with Crippen molar-refractivity contribution in [2.75, 3.05) is 12.3 Å². The molecule has 0 radical (unpaired) electrons. The van der Waals surface area contributed by atoms with Crippen molar-refractivity contribution in [2.24, 2.45) is 5.92 Å². The molecule has 0 aromatic carbocycles. The zero-order valence-corrected chi connectivity index (χ0v) is 16.6. The highest BCUT2D eigenvalue weighted by Gasteiger charge is 2.42. The summed E-state index contributed by atoms with van der Waals surface area (Å²) in [7, 11) is 0. The Balaban J connectivity index is 1.90. The molecule has 0 spiro atoms. The topological polar surface area (TPSA) is 113 Å². The standard InChI is InChI=1S/C18H28N2O6S/c1-11(10-27-12(2)21)16(22)20-9-14(8-15(20)17(23)24)26-18(25)19-13-6-4-3-5-7-13/h11,13-15H,3-10H2,1-2H3,(H,19,25)(H,23,24)/t11?,14-,15+/m1/s1. The smallest absolute Gasteiger partial charge is 0.407 e. The van der Waals surface area contributed by atoms with E-state index in [0.29, 0.717) is 5.75 Å². The van der Waals surface area contributed by atoms with Crippen LogP contribution in [0.2, 0.25) is 0 Å². The number of carbonyl (C=O) groups excluding carboxylic acids is 3. The van der Waals surface area contributed by atoms with Gasteiger partial charge in [-0.2, -0.15) is 0 Å². The number of carboxylic acids is 1. The number of rotatable bonds is 6. The second kappa shape index (κ2) is 9.96. The van der Waals surface area contributed by atoms with Crippen molar-refractivity contribution in [2.45, 2.75) is 70.6 Å². The van der Waals surface area contributed by atoms with Gasteiger partial charge in [-0.3, -0.25) is 9.59 Å². The molecule has 2 rings (SSSR count). The average Bonchev–Trinajstić information content (AvgIpc) is 3.03. The minimum Gasteiger partial charge on any atom is -0.480 e. The quantitative estimate of drug-likeness (QED) is 0.701. The Morgan fingerprint density at radius 3 is 2.48 bits per heavy atom. The molecule has 1 aliphatic heterocycles. The number of carboxylic acid groups (broad SMARTS) is 1. The highest BCUT2D eigenvalue weighted by Crippen LogP contribution is 2.25. The molecular weight excluding hydrogens is 372 g/mol. The molecule has 0 bridgehead atoms. The third-order valence-corrected chi connectivity index (χ3v) is 6.06. The number of hydrogen-bond acceptors (Lipinski definition) is 6. The van der Waals surface area contributed by atoms with Gasteiger partial charge < -0.3 is 20.1 Å². The van der Waals surface area contributed by atoms with E-state index in [1.807, 2.05) is 0 Å². The first-order chi connectivity index (χ1) is 12.8. The molecule has 2 aliphatic rings. The number of alkyl carbamates (subject to hydrolysis) is 1. The van der Waals surface area contributed by atoms with E-state index in [0.717, 1.165) is 37.4 Å². The Hall–Kier alpha value is -1.77. The van der Waals surface area contributed by atoms with Crippen molar-refractivity contribution in [3.63, 3.8) is 0 Å². The lowest BCUT2D eigenvalue weighted by atomic mass is 9.96. The predicted molar refractivity (Wildman–Crippen MR) is 100 cm³/mol. The Labute approximate surface area is 163 Å². The number of amides is 2. The third-order valence-electron chi connectivity index (χ3n) is 4.99. The van der Waals surface area contributed by atoms with Gasteiger partial charge in [0.15, 0.2) is 5.12 Å². The number of likely N-dealkylation sites (tertiary alicyclic amines) is 1. The van der Waals surface area contributed by atoms with E-state index < -0.39 is 30.1 Å². The summed E-state index contributed by atoms with van der Waals surface area (Å²) in [6, 6.07) is -0.918. The minimum atomic E-state index is -1.12. The summed E-state index contributed by atoms with van der Waals surface area (Å²) >= 11 is 1.04. The Morgan fingerprint density at radius 1 is 1.22 bits per heavy atom. The number of hydrogen-bond donors (Lipinski definition) is 2. The Morgan fingerprint density at radius 2 is 1.89 bits per heavy atom. The molecule has 2 N–H and O–H groups in total. The number of aliphatic carboxylic acids is 1. The van der Waals surface area contributed by atoms with Gasteiger partial charge in [-0.15, -0.1) is 0 Å². The summed E-state index contributed by atoms with van der Waals surface area (Å²) in [5.41, 5.74) is 0. The molecule has 0 aromatic heterocycles. The number of nitrogens with zero attached hydrogens (tertiary/aromatic N) is 1. The van der Waals surface area contributed by atoms with E-state index in [2.05, 4.69) is 5.32 Å². The fourth-order valence-electron chi connectivity index (χ4n) is 3.56. The first kappa shape index (κ1) is 21.5. The van der Waals surface area contributed by atoms with E-state index in [9.17, 15) is 24.3 Å². The van der Waals surface area contributed by atoms with Gasteiger partial charge in [0.1, 0.15) is 12.1 Å². The van der Waals surface area contributed by atoms with Crippen molar-refractivity contribution in [1.82, 2.24) is 10.2 Å². The first-order valence-corrected chi connectivity index (χ1v) is 10.4. The minimum absolute atomic E-state index is 0.0585. The van der Waals surface area contributed by atoms with Crippen LogP contribution < -0.4 is 5.32 Å². The van der Waals surface area contributed by atoms with Gasteiger partial charge in [0.05, 0.1) is 6.54 Å². The molecule has 0 aromatic rings. The van der Waals surface area contributed by atoms with Crippen LogP contribution in [0.25, 0.3) is 0 Å². The lowest BCUT2D eigenvalue weighted by Crippen LogP contribution is -2.44. The predicted octanol–water partition coefficient (Wildman–Crippen LogP) is 2.02. The molecule has 1 saturated carbocycles. The summed E-state index contributed by atoms with van der Waals surface area (Å²) in [6.07, 6.45) is 4.05. The van der Waals surface area contributed by atoms with Crippen LogP contribution in [0.15, 0.2) is 0 Å². The number of ether oxygens (including phenoxy) is 1. The lowest BCUT2D eigenvalue weighted by Gasteiger charge is -2.25. The van der Waals surface area contributed by atoms with E-state index in [4.69, 9.17) is 4.74 Å². The lowest BCUT2D eigenvalue weighted by molar-refractivity contribution is -0.149. The maximum atomic E-state index is 12.6. The van der Waals surface area contributed by atoms with Gasteiger partial charge in [0, 0.05) is 31.1 Å². The maximum absolute atomic E-state index is 12.6. The molecule has 1 unspecified atom stereocenters. The largest absolute Gasteiger partial charge is 0.480 e. The Bertz CT molecular complexity index is 578. The van der Waals surface area contributed by atoms with E-state index in [1.165, 1.54) is 18.2 Å². The fourth-order valence-corrected chi connectivity index (χ4v) is 4.18. The van der Waals surface area contributed by atoms with Crippen molar-refractivity contribution < 1.29 is 29.0 Å². The summed E-state index contributed by atoms with van der Waals surface area (Å²) in [5.74, 6) is -1.65. The van der Waals surface area contributed by atoms with Gasteiger partial charge in [0.2, 0.25) is 5.91 Å². The maximum Gasteiger partial charge on any atom is 0.407 e. The Kier molecular flexibility index (Phi) is 7.94. The highest BCUT2D eigenvalue weighted by atomic mass is 32.2. The molecule has 152 valence electrons. The van der Waals surface area contributed by atoms with Crippen LogP contribution in [0.1, 0.15) is 52.4 Å². The molecule has 2 fully saturated rings. The van der Waals surface area contributed by atoms with Gasteiger partial charge in [-0.25, -0.2) is 9.59 Å². The van der Waals surface area contributed by atoms with Crippen LogP contribution in [0, 0.1) is 5.92 Å².